The molecule has 1 heterocycles. The standard InChI is InChI=1S/C20H26N4S.HI/c21-20(22-11-10-17-4-2-1-3-5-17)23-16-18-6-8-19(9-7-18)24-12-14-25-15-13-24;/h1-9H,10-16H2,(H3,21,22,23);1H. The third-order valence-corrected chi connectivity index (χ3v) is 5.25. The van der Waals surface area contributed by atoms with Gasteiger partial charge in [-0.05, 0) is 29.7 Å². The largest absolute Gasteiger partial charge is 0.370 e. The third-order valence-electron chi connectivity index (χ3n) is 4.31. The molecule has 140 valence electrons. The molecule has 0 amide bonds. The minimum absolute atomic E-state index is 0. The van der Waals surface area contributed by atoms with Crippen LogP contribution in [0.3, 0.4) is 0 Å². The highest BCUT2D eigenvalue weighted by Gasteiger charge is 2.10. The molecule has 0 bridgehead atoms. The first-order valence-corrected chi connectivity index (χ1v) is 9.96. The van der Waals surface area contributed by atoms with Gasteiger partial charge < -0.3 is 16.0 Å². The fraction of sp³-hybridized carbons (Fsp3) is 0.350. The van der Waals surface area contributed by atoms with Gasteiger partial charge in [-0.2, -0.15) is 11.8 Å². The van der Waals surface area contributed by atoms with Gasteiger partial charge in [0.15, 0.2) is 5.96 Å². The Hall–Kier alpha value is -1.41. The Bertz CT molecular complexity index is 670. The second kappa shape index (κ2) is 11.3. The summed E-state index contributed by atoms with van der Waals surface area (Å²) in [5.74, 6) is 2.95. The first kappa shape index (κ1) is 20.9. The van der Waals surface area contributed by atoms with Gasteiger partial charge in [0, 0.05) is 36.8 Å². The second-order valence-electron chi connectivity index (χ2n) is 6.13. The quantitative estimate of drug-likeness (QED) is 0.376. The van der Waals surface area contributed by atoms with Gasteiger partial charge in [0.25, 0.3) is 0 Å². The summed E-state index contributed by atoms with van der Waals surface area (Å²) < 4.78 is 0. The zero-order valence-corrected chi connectivity index (χ0v) is 18.1. The number of aliphatic imine (C=N–C) groups is 1. The van der Waals surface area contributed by atoms with E-state index in [1.54, 1.807) is 0 Å². The Kier molecular flexibility index (Phi) is 9.11. The van der Waals surface area contributed by atoms with Crippen molar-refractivity contribution in [3.63, 3.8) is 0 Å². The molecule has 3 rings (SSSR count). The van der Waals surface area contributed by atoms with Crippen LogP contribution >= 0.6 is 35.7 Å². The Morgan fingerprint density at radius 1 is 1.00 bits per heavy atom. The van der Waals surface area contributed by atoms with E-state index in [2.05, 4.69) is 63.7 Å². The number of nitrogens with two attached hydrogens (primary N) is 1. The summed E-state index contributed by atoms with van der Waals surface area (Å²) in [6, 6.07) is 19.1. The van der Waals surface area contributed by atoms with Crippen LogP contribution in [0, 0.1) is 0 Å². The zero-order chi connectivity index (χ0) is 17.3. The van der Waals surface area contributed by atoms with Crippen molar-refractivity contribution in [2.75, 3.05) is 36.0 Å². The number of nitrogens with one attached hydrogen (secondary N) is 1. The number of nitrogens with zero attached hydrogens (tertiary/aromatic N) is 2. The van der Waals surface area contributed by atoms with Gasteiger partial charge >= 0.3 is 0 Å². The molecule has 2 aromatic rings. The molecular weight excluding hydrogens is 455 g/mol. The number of thioether (sulfide) groups is 1. The van der Waals surface area contributed by atoms with Crippen molar-refractivity contribution >= 4 is 47.4 Å². The minimum Gasteiger partial charge on any atom is -0.370 e. The van der Waals surface area contributed by atoms with Gasteiger partial charge in [-0.3, -0.25) is 0 Å². The van der Waals surface area contributed by atoms with Crippen LogP contribution in [0.15, 0.2) is 59.6 Å². The van der Waals surface area contributed by atoms with Crippen LogP contribution < -0.4 is 16.0 Å². The SMILES string of the molecule is I.NC(=NCc1ccc(N2CCSCC2)cc1)NCCc1ccccc1. The number of hydrogen-bond donors (Lipinski definition) is 2. The lowest BCUT2D eigenvalue weighted by Crippen LogP contribution is -2.33. The van der Waals surface area contributed by atoms with Crippen LogP contribution in [-0.2, 0) is 13.0 Å². The predicted molar refractivity (Wildman–Crippen MR) is 125 cm³/mol. The summed E-state index contributed by atoms with van der Waals surface area (Å²) in [5.41, 5.74) is 9.75. The molecule has 0 unspecified atom stereocenters. The van der Waals surface area contributed by atoms with Gasteiger partial charge in [0.1, 0.15) is 0 Å². The smallest absolute Gasteiger partial charge is 0.188 e. The Balaban J connectivity index is 0.00000243. The average molecular weight is 482 g/mol. The molecule has 1 aliphatic heterocycles. The first-order chi connectivity index (χ1) is 12.3. The number of anilines is 1. The van der Waals surface area contributed by atoms with E-state index >= 15 is 0 Å². The molecule has 2 aromatic carbocycles. The molecule has 0 spiro atoms. The lowest BCUT2D eigenvalue weighted by molar-refractivity contribution is 0.847. The molecule has 1 fully saturated rings. The Labute approximate surface area is 177 Å². The normalized spacial score (nSPS) is 14.6. The highest BCUT2D eigenvalue weighted by Crippen LogP contribution is 2.20. The number of benzene rings is 2. The van der Waals surface area contributed by atoms with Crippen LogP contribution in [0.5, 0.6) is 0 Å². The van der Waals surface area contributed by atoms with Crippen LogP contribution in [0.25, 0.3) is 0 Å². The lowest BCUT2D eigenvalue weighted by Gasteiger charge is -2.28. The van der Waals surface area contributed by atoms with Crippen molar-refractivity contribution in [3.05, 3.63) is 65.7 Å². The number of rotatable bonds is 6. The van der Waals surface area contributed by atoms with Gasteiger partial charge in [-0.15, -0.1) is 24.0 Å². The van der Waals surface area contributed by atoms with Gasteiger partial charge in [-0.1, -0.05) is 42.5 Å². The van der Waals surface area contributed by atoms with Crippen LogP contribution in [0.2, 0.25) is 0 Å². The maximum Gasteiger partial charge on any atom is 0.188 e. The molecule has 0 aromatic heterocycles. The summed E-state index contributed by atoms with van der Waals surface area (Å²) in [4.78, 5) is 6.88. The zero-order valence-electron chi connectivity index (χ0n) is 14.9. The lowest BCUT2D eigenvalue weighted by atomic mass is 10.1. The highest BCUT2D eigenvalue weighted by atomic mass is 127. The number of hydrogen-bond acceptors (Lipinski definition) is 3. The van der Waals surface area contributed by atoms with E-state index in [1.807, 2.05) is 17.8 Å². The van der Waals surface area contributed by atoms with Gasteiger partial charge in [-0.25, -0.2) is 4.99 Å². The van der Waals surface area contributed by atoms with Gasteiger partial charge in [0.2, 0.25) is 0 Å². The third kappa shape index (κ3) is 6.72. The number of guanidine groups is 1. The summed E-state index contributed by atoms with van der Waals surface area (Å²) in [6.45, 7) is 3.69. The van der Waals surface area contributed by atoms with E-state index in [4.69, 9.17) is 5.73 Å². The van der Waals surface area contributed by atoms with Gasteiger partial charge in [0.05, 0.1) is 6.54 Å². The maximum absolute atomic E-state index is 5.96. The summed E-state index contributed by atoms with van der Waals surface area (Å²) in [5, 5.41) is 3.18. The van der Waals surface area contributed by atoms with E-state index in [9.17, 15) is 0 Å². The molecule has 1 aliphatic rings. The molecule has 0 saturated carbocycles. The van der Waals surface area contributed by atoms with E-state index in [0.717, 1.165) is 26.1 Å². The average Bonchev–Trinajstić information content (AvgIpc) is 2.68. The van der Waals surface area contributed by atoms with Crippen LogP contribution in [0.1, 0.15) is 11.1 Å². The van der Waals surface area contributed by atoms with Crippen molar-refractivity contribution in [1.29, 1.82) is 0 Å². The fourth-order valence-corrected chi connectivity index (χ4v) is 3.75. The molecule has 4 nitrogen and oxygen atoms in total. The molecule has 6 heteroatoms. The van der Waals surface area contributed by atoms with E-state index in [-0.39, 0.29) is 24.0 Å². The fourth-order valence-electron chi connectivity index (χ4n) is 2.85. The Morgan fingerprint density at radius 3 is 2.38 bits per heavy atom. The van der Waals surface area contributed by atoms with Crippen molar-refractivity contribution in [2.45, 2.75) is 13.0 Å². The molecule has 0 aliphatic carbocycles. The van der Waals surface area contributed by atoms with Crippen molar-refractivity contribution in [3.8, 4) is 0 Å². The highest BCUT2D eigenvalue weighted by molar-refractivity contribution is 14.0. The second-order valence-corrected chi connectivity index (χ2v) is 7.35. The molecule has 26 heavy (non-hydrogen) atoms. The van der Waals surface area contributed by atoms with Crippen LogP contribution in [0.4, 0.5) is 5.69 Å². The molecule has 0 atom stereocenters. The van der Waals surface area contributed by atoms with E-state index in [1.165, 1.54) is 28.3 Å². The summed E-state index contributed by atoms with van der Waals surface area (Å²) in [6.07, 6.45) is 0.944. The first-order valence-electron chi connectivity index (χ1n) is 8.80. The Morgan fingerprint density at radius 2 is 1.69 bits per heavy atom. The van der Waals surface area contributed by atoms with Crippen molar-refractivity contribution in [1.82, 2.24) is 5.32 Å². The topological polar surface area (TPSA) is 53.6 Å². The monoisotopic (exact) mass is 482 g/mol. The van der Waals surface area contributed by atoms with Crippen molar-refractivity contribution < 1.29 is 0 Å². The molecular formula is C20H27IN4S. The van der Waals surface area contributed by atoms with Crippen LogP contribution in [-0.4, -0.2) is 37.1 Å². The van der Waals surface area contributed by atoms with Crippen molar-refractivity contribution in [2.24, 2.45) is 10.7 Å². The number of halogens is 1. The van der Waals surface area contributed by atoms with E-state index in [0.29, 0.717) is 12.5 Å². The molecule has 0 radical (unpaired) electrons. The van der Waals surface area contributed by atoms with E-state index < -0.39 is 0 Å². The predicted octanol–water partition coefficient (Wildman–Crippen LogP) is 3.50. The molecule has 3 N–H and O–H groups in total. The summed E-state index contributed by atoms with van der Waals surface area (Å²) in [7, 11) is 0. The summed E-state index contributed by atoms with van der Waals surface area (Å²) >= 11 is 2.03. The minimum atomic E-state index is 0. The molecule has 1 saturated heterocycles. The maximum atomic E-state index is 5.96.